The number of aromatic nitrogens is 2. The first kappa shape index (κ1) is 19.6. The molecule has 1 aromatic carbocycles. The summed E-state index contributed by atoms with van der Waals surface area (Å²) in [6, 6.07) is 2.83. The number of hydrogen-bond donors (Lipinski definition) is 1. The van der Waals surface area contributed by atoms with Crippen LogP contribution in [0.4, 0.5) is 19.4 Å². The van der Waals surface area contributed by atoms with E-state index >= 15 is 0 Å². The second kappa shape index (κ2) is 5.68. The van der Waals surface area contributed by atoms with E-state index in [9.17, 15) is 24.2 Å². The highest BCUT2D eigenvalue weighted by atomic mass is 32.5. The minimum atomic E-state index is -9.76. The smallest absolute Gasteiger partial charge is 0.310 e. The average Bonchev–Trinajstić information content (AvgIpc) is 3.06. The summed E-state index contributed by atoms with van der Waals surface area (Å²) in [5.74, 6) is -0.533. The summed E-state index contributed by atoms with van der Waals surface area (Å²) in [6.07, 6.45) is 2.24. The number of carbonyl (C=O) groups is 1. The maximum Gasteiger partial charge on any atom is 0.310 e. The molecule has 2 aromatic heterocycles. The van der Waals surface area contributed by atoms with E-state index in [0.29, 0.717) is 34.9 Å². The van der Waals surface area contributed by atoms with E-state index < -0.39 is 21.0 Å². The maximum atomic E-state index is 12.9. The van der Waals surface area contributed by atoms with Gasteiger partial charge < -0.3 is 5.32 Å². The molecule has 1 amide bonds. The fourth-order valence-corrected chi connectivity index (χ4v) is 4.20. The molecule has 0 fully saturated rings. The van der Waals surface area contributed by atoms with Gasteiger partial charge in [0.1, 0.15) is 10.6 Å². The van der Waals surface area contributed by atoms with Crippen molar-refractivity contribution in [3.63, 3.8) is 0 Å². The first-order chi connectivity index (χ1) is 12.3. The minimum Gasteiger partial charge on any atom is -0.347 e. The quantitative estimate of drug-likeness (QED) is 0.521. The molecule has 4 nitrogen and oxygen atoms in total. The summed E-state index contributed by atoms with van der Waals surface area (Å²) >= 11 is 1.41. The Kier molecular flexibility index (Phi) is 4.13. The van der Waals surface area contributed by atoms with E-state index in [1.165, 1.54) is 17.4 Å². The maximum absolute atomic E-state index is 12.9. The van der Waals surface area contributed by atoms with E-state index in [4.69, 9.17) is 0 Å². The molecular weight excluding hydrogens is 409 g/mol. The molecule has 11 heteroatoms. The van der Waals surface area contributed by atoms with E-state index in [0.717, 1.165) is 10.9 Å². The van der Waals surface area contributed by atoms with Crippen molar-refractivity contribution in [3.05, 3.63) is 52.3 Å². The van der Waals surface area contributed by atoms with Gasteiger partial charge >= 0.3 is 10.2 Å². The van der Waals surface area contributed by atoms with Crippen molar-refractivity contribution in [1.82, 2.24) is 14.7 Å². The molecule has 0 spiro atoms. The summed E-state index contributed by atoms with van der Waals surface area (Å²) < 4.78 is 66.3. The average molecular weight is 425 g/mol. The zero-order chi connectivity index (χ0) is 20.1. The third kappa shape index (κ3) is 4.08. The lowest BCUT2D eigenvalue weighted by molar-refractivity contribution is 0.0944. The molecule has 3 aromatic rings. The van der Waals surface area contributed by atoms with Crippen molar-refractivity contribution in [2.45, 2.75) is 31.7 Å². The number of imidazole rings is 1. The van der Waals surface area contributed by atoms with Crippen LogP contribution in [0.3, 0.4) is 0 Å². The first-order valence-electron chi connectivity index (χ1n) is 7.87. The molecule has 2 heterocycles. The van der Waals surface area contributed by atoms with Gasteiger partial charge in [-0.25, -0.2) is 4.98 Å². The van der Waals surface area contributed by atoms with Crippen molar-refractivity contribution in [3.8, 4) is 0 Å². The van der Waals surface area contributed by atoms with Crippen molar-refractivity contribution in [2.75, 3.05) is 0 Å². The van der Waals surface area contributed by atoms with Gasteiger partial charge in [-0.15, -0.1) is 11.3 Å². The van der Waals surface area contributed by atoms with Crippen LogP contribution in [0.5, 0.6) is 0 Å². The summed E-state index contributed by atoms with van der Waals surface area (Å²) in [4.78, 5) is 16.5. The Balaban J connectivity index is 1.85. The molecule has 0 bridgehead atoms. The van der Waals surface area contributed by atoms with E-state index in [-0.39, 0.29) is 12.1 Å². The van der Waals surface area contributed by atoms with Crippen LogP contribution in [0.25, 0.3) is 4.96 Å². The summed E-state index contributed by atoms with van der Waals surface area (Å²) in [5, 5.41) is 2.49. The highest BCUT2D eigenvalue weighted by Gasteiger charge is 2.65. The number of nitrogens with one attached hydrogen (secondary N) is 1. The normalized spacial score (nSPS) is 14.8. The number of thiazole rings is 1. The molecule has 3 rings (SSSR count). The molecule has 0 aliphatic heterocycles. The second-order valence-corrected chi connectivity index (χ2v) is 9.68. The summed E-state index contributed by atoms with van der Waals surface area (Å²) in [5.41, 5.74) is 0.773. The number of carbonyl (C=O) groups excluding carboxylic acids is 1. The van der Waals surface area contributed by atoms with Crippen LogP contribution in [0.1, 0.15) is 33.5 Å². The van der Waals surface area contributed by atoms with Crippen LogP contribution in [0, 0.1) is 6.92 Å². The van der Waals surface area contributed by atoms with Gasteiger partial charge in [-0.05, 0) is 31.0 Å². The molecule has 0 saturated heterocycles. The van der Waals surface area contributed by atoms with Crippen LogP contribution in [-0.4, -0.2) is 15.3 Å². The molecular formula is C16H16F5N3OS2. The number of fused-ring (bicyclic) bond motifs is 1. The first-order valence-corrected chi connectivity index (χ1v) is 10.6. The lowest BCUT2D eigenvalue weighted by Crippen LogP contribution is -2.25. The van der Waals surface area contributed by atoms with E-state index in [1.54, 1.807) is 10.6 Å². The molecule has 27 heavy (non-hydrogen) atoms. The number of benzene rings is 1. The third-order valence-corrected chi connectivity index (χ3v) is 5.90. The number of halogens is 5. The monoisotopic (exact) mass is 425 g/mol. The van der Waals surface area contributed by atoms with Gasteiger partial charge in [0.25, 0.3) is 5.91 Å². The number of rotatable bonds is 5. The SMILES string of the molecule is CCc1nc2sc(C)cn2c1C(=O)NCc1cccc(S(F)(F)(F)(F)F)c1. The number of amides is 1. The van der Waals surface area contributed by atoms with E-state index in [1.807, 2.05) is 13.8 Å². The Morgan fingerprint density at radius 3 is 2.59 bits per heavy atom. The third-order valence-electron chi connectivity index (χ3n) is 3.86. The van der Waals surface area contributed by atoms with Crippen molar-refractivity contribution >= 4 is 32.4 Å². The number of aryl methyl sites for hydroxylation is 2. The highest BCUT2D eigenvalue weighted by molar-refractivity contribution is 8.45. The van der Waals surface area contributed by atoms with Crippen molar-refractivity contribution in [2.24, 2.45) is 0 Å². The molecule has 0 unspecified atom stereocenters. The zero-order valence-electron chi connectivity index (χ0n) is 14.3. The van der Waals surface area contributed by atoms with Crippen LogP contribution in [0.15, 0.2) is 35.4 Å². The Morgan fingerprint density at radius 2 is 1.96 bits per heavy atom. The van der Waals surface area contributed by atoms with Gasteiger partial charge in [-0.3, -0.25) is 9.20 Å². The molecule has 148 valence electrons. The van der Waals surface area contributed by atoms with Gasteiger partial charge in [0.2, 0.25) is 0 Å². The fraction of sp³-hybridized carbons (Fsp3) is 0.250. The van der Waals surface area contributed by atoms with Gasteiger partial charge in [-0.1, -0.05) is 38.5 Å². The molecule has 0 radical (unpaired) electrons. The highest BCUT2D eigenvalue weighted by Crippen LogP contribution is 3.02. The molecule has 0 saturated carbocycles. The Morgan fingerprint density at radius 1 is 1.26 bits per heavy atom. The predicted molar refractivity (Wildman–Crippen MR) is 96.2 cm³/mol. The zero-order valence-corrected chi connectivity index (χ0v) is 15.9. The predicted octanol–water partition coefficient (Wildman–Crippen LogP) is 5.85. The van der Waals surface area contributed by atoms with Crippen molar-refractivity contribution < 1.29 is 24.2 Å². The van der Waals surface area contributed by atoms with Crippen LogP contribution in [0.2, 0.25) is 0 Å². The Hall–Kier alpha value is -2.14. The fourth-order valence-electron chi connectivity index (χ4n) is 2.65. The summed E-state index contributed by atoms with van der Waals surface area (Å²) in [6.45, 7) is 3.37. The summed E-state index contributed by atoms with van der Waals surface area (Å²) in [7, 11) is -9.76. The molecule has 1 N–H and O–H groups in total. The lowest BCUT2D eigenvalue weighted by Gasteiger charge is -2.40. The van der Waals surface area contributed by atoms with Gasteiger partial charge in [-0.2, -0.15) is 0 Å². The van der Waals surface area contributed by atoms with Crippen molar-refractivity contribution in [1.29, 1.82) is 0 Å². The topological polar surface area (TPSA) is 46.4 Å². The number of hydrogen-bond acceptors (Lipinski definition) is 3. The van der Waals surface area contributed by atoms with Crippen LogP contribution < -0.4 is 5.32 Å². The molecule has 0 aliphatic carbocycles. The van der Waals surface area contributed by atoms with Gasteiger partial charge in [0.05, 0.1) is 5.69 Å². The lowest BCUT2D eigenvalue weighted by atomic mass is 10.2. The minimum absolute atomic E-state index is 0.0746. The Labute approximate surface area is 155 Å². The van der Waals surface area contributed by atoms with Gasteiger partial charge in [0, 0.05) is 17.6 Å². The Bertz CT molecular complexity index is 1040. The number of nitrogens with zero attached hydrogens (tertiary/aromatic N) is 2. The van der Waals surface area contributed by atoms with Gasteiger partial charge in [0.15, 0.2) is 4.96 Å². The van der Waals surface area contributed by atoms with Crippen LogP contribution in [-0.2, 0) is 13.0 Å². The largest absolute Gasteiger partial charge is 0.347 e. The second-order valence-electron chi connectivity index (χ2n) is 6.05. The van der Waals surface area contributed by atoms with Crippen LogP contribution >= 0.6 is 21.6 Å². The molecule has 0 aliphatic rings. The van der Waals surface area contributed by atoms with E-state index in [2.05, 4.69) is 10.3 Å². The standard InChI is InChI=1S/C16H16F5N3OS2/c1-3-13-14(24-9-10(2)26-16(24)23-13)15(25)22-8-11-5-4-6-12(7-11)27(17,18,19,20)21/h4-7,9H,3,8H2,1-2H3,(H,22,25). The molecule has 0 atom stereocenters.